The van der Waals surface area contributed by atoms with Crippen LogP contribution in [0.5, 0.6) is 17.2 Å². The number of aromatic hydroxyl groups is 1. The topological polar surface area (TPSA) is 205 Å². The maximum atomic E-state index is 12.0. The Morgan fingerprint density at radius 2 is 1.53 bits per heavy atom. The number of methoxy groups -OCH3 is 1. The number of benzene rings is 1. The van der Waals surface area contributed by atoms with Crippen LogP contribution in [0.2, 0.25) is 0 Å². The van der Waals surface area contributed by atoms with Crippen LogP contribution in [0.1, 0.15) is 24.2 Å². The predicted molar refractivity (Wildman–Crippen MR) is 110 cm³/mol. The number of hydrogen-bond acceptors (Lipinski definition) is 13. The molecule has 0 aromatic heterocycles. The quantitative estimate of drug-likeness (QED) is 0.200. The average Bonchev–Trinajstić information content (AvgIpc) is 2.79. The lowest BCUT2D eigenvalue weighted by atomic mass is 9.98. The van der Waals surface area contributed by atoms with Crippen molar-refractivity contribution in [2.45, 2.75) is 75.3 Å². The fourth-order valence-corrected chi connectivity index (χ4v) is 3.76. The second-order valence-electron chi connectivity index (χ2n) is 8.22. The van der Waals surface area contributed by atoms with Gasteiger partial charge in [0.15, 0.2) is 12.1 Å². The van der Waals surface area contributed by atoms with Gasteiger partial charge in [-0.2, -0.15) is 0 Å². The molecule has 0 spiro atoms. The second kappa shape index (κ2) is 10.7. The number of phenols is 1. The Labute approximate surface area is 194 Å². The maximum Gasteiger partial charge on any atom is 0.229 e. The van der Waals surface area contributed by atoms with Crippen molar-refractivity contribution in [2.75, 3.05) is 13.7 Å². The monoisotopic (exact) mass is 490 g/mol. The molecule has 0 radical (unpaired) electrons. The van der Waals surface area contributed by atoms with Gasteiger partial charge in [0.2, 0.25) is 6.29 Å². The maximum absolute atomic E-state index is 12.0. The van der Waals surface area contributed by atoms with E-state index in [4.69, 9.17) is 23.7 Å². The number of rotatable bonds is 7. The molecule has 2 aliphatic heterocycles. The van der Waals surface area contributed by atoms with Crippen molar-refractivity contribution in [1.82, 2.24) is 0 Å². The second-order valence-corrected chi connectivity index (χ2v) is 8.22. The molecule has 2 aliphatic rings. The van der Waals surface area contributed by atoms with Gasteiger partial charge in [0, 0.05) is 12.1 Å². The molecule has 10 atom stereocenters. The standard InChI is InChI=1S/C21H30O13/c1-7(22)13-10(23)4-9(30-3)5-11(13)33-21-19(29)17(27)15(25)12(34-21)6-31-20-18(28)16(26)14(24)8(2)32-20/h4-5,8,12,14-21,23-29H,6H2,1-3H3/t8-,12+,14-,15+,16-,17+,18+,19+,20+,21+/m0/s1. The highest BCUT2D eigenvalue weighted by Crippen LogP contribution is 2.36. The Balaban J connectivity index is 1.76. The summed E-state index contributed by atoms with van der Waals surface area (Å²) < 4.78 is 26.9. The summed E-state index contributed by atoms with van der Waals surface area (Å²) in [6, 6.07) is 2.47. The van der Waals surface area contributed by atoms with Crippen LogP contribution < -0.4 is 9.47 Å². The number of Topliss-reactive ketones (excluding diaryl/α,β-unsaturated/α-hetero) is 1. The molecule has 0 bridgehead atoms. The van der Waals surface area contributed by atoms with Crippen molar-refractivity contribution in [2.24, 2.45) is 0 Å². The summed E-state index contributed by atoms with van der Waals surface area (Å²) in [6.45, 7) is 2.16. The lowest BCUT2D eigenvalue weighted by Gasteiger charge is -2.42. The van der Waals surface area contributed by atoms with Gasteiger partial charge in [-0.3, -0.25) is 4.79 Å². The number of aliphatic hydroxyl groups excluding tert-OH is 6. The van der Waals surface area contributed by atoms with E-state index < -0.39 is 79.6 Å². The van der Waals surface area contributed by atoms with Gasteiger partial charge in [-0.1, -0.05) is 0 Å². The molecule has 2 heterocycles. The highest BCUT2D eigenvalue weighted by atomic mass is 16.7. The number of carbonyl (C=O) groups is 1. The Bertz CT molecular complexity index is 863. The molecule has 0 aliphatic carbocycles. The molecular formula is C21H30O13. The highest BCUT2D eigenvalue weighted by Gasteiger charge is 2.47. The molecule has 1 aromatic rings. The van der Waals surface area contributed by atoms with E-state index in [1.54, 1.807) is 0 Å². The zero-order chi connectivity index (χ0) is 25.3. The molecule has 2 saturated heterocycles. The minimum atomic E-state index is -1.76. The fraction of sp³-hybridized carbons (Fsp3) is 0.667. The first-order valence-corrected chi connectivity index (χ1v) is 10.6. The SMILES string of the molecule is COc1cc(O)c(C(C)=O)c(O[C@@H]2O[C@H](CO[C@@H]3O[C@@H](C)[C@H](O)[C@H](O)[C@H]3O)[C@@H](O)[C@@H](O)[C@H]2O)c1. The van der Waals surface area contributed by atoms with E-state index in [9.17, 15) is 40.5 Å². The number of phenolic OH excluding ortho intramolecular Hbond substituents is 1. The van der Waals surface area contributed by atoms with E-state index in [0.717, 1.165) is 0 Å². The molecule has 3 rings (SSSR count). The van der Waals surface area contributed by atoms with Gasteiger partial charge in [-0.25, -0.2) is 0 Å². The van der Waals surface area contributed by atoms with Crippen LogP contribution in [-0.2, 0) is 14.2 Å². The number of ketones is 1. The number of ether oxygens (including phenoxy) is 5. The summed E-state index contributed by atoms with van der Waals surface area (Å²) >= 11 is 0. The predicted octanol–water partition coefficient (Wildman–Crippen LogP) is -2.37. The number of aliphatic hydroxyl groups is 6. The summed E-state index contributed by atoms with van der Waals surface area (Å²) in [5.41, 5.74) is -0.217. The number of carbonyl (C=O) groups excluding carboxylic acids is 1. The van der Waals surface area contributed by atoms with Crippen LogP contribution in [-0.4, -0.2) is 117 Å². The van der Waals surface area contributed by atoms with Crippen LogP contribution in [0, 0.1) is 0 Å². The molecular weight excluding hydrogens is 460 g/mol. The van der Waals surface area contributed by atoms with E-state index in [0.29, 0.717) is 0 Å². The molecule has 2 fully saturated rings. The van der Waals surface area contributed by atoms with Gasteiger partial charge >= 0.3 is 0 Å². The van der Waals surface area contributed by atoms with Crippen LogP contribution in [0.25, 0.3) is 0 Å². The average molecular weight is 490 g/mol. The normalized spacial score (nSPS) is 38.4. The van der Waals surface area contributed by atoms with Crippen molar-refractivity contribution >= 4 is 5.78 Å². The zero-order valence-corrected chi connectivity index (χ0v) is 18.7. The zero-order valence-electron chi connectivity index (χ0n) is 18.7. The first-order chi connectivity index (χ1) is 16.0. The van der Waals surface area contributed by atoms with E-state index in [2.05, 4.69) is 0 Å². The highest BCUT2D eigenvalue weighted by molar-refractivity contribution is 5.99. The van der Waals surface area contributed by atoms with Gasteiger partial charge in [-0.05, 0) is 13.8 Å². The van der Waals surface area contributed by atoms with Crippen molar-refractivity contribution in [3.8, 4) is 17.2 Å². The van der Waals surface area contributed by atoms with E-state index >= 15 is 0 Å². The molecule has 7 N–H and O–H groups in total. The summed E-state index contributed by atoms with van der Waals surface area (Å²) in [7, 11) is 1.32. The van der Waals surface area contributed by atoms with Crippen molar-refractivity contribution in [1.29, 1.82) is 0 Å². The molecule has 0 amide bonds. The van der Waals surface area contributed by atoms with Crippen molar-refractivity contribution in [3.63, 3.8) is 0 Å². The van der Waals surface area contributed by atoms with E-state index in [1.165, 1.54) is 33.1 Å². The fourth-order valence-electron chi connectivity index (χ4n) is 3.76. The van der Waals surface area contributed by atoms with Gasteiger partial charge in [0.25, 0.3) is 0 Å². The summed E-state index contributed by atoms with van der Waals surface area (Å²) in [4.78, 5) is 12.0. The minimum absolute atomic E-state index is 0.140. The smallest absolute Gasteiger partial charge is 0.229 e. The largest absolute Gasteiger partial charge is 0.507 e. The van der Waals surface area contributed by atoms with Crippen LogP contribution in [0.15, 0.2) is 12.1 Å². The van der Waals surface area contributed by atoms with Gasteiger partial charge < -0.3 is 59.4 Å². The van der Waals surface area contributed by atoms with Gasteiger partial charge in [-0.15, -0.1) is 0 Å². The molecule has 0 saturated carbocycles. The third kappa shape index (κ3) is 5.27. The van der Waals surface area contributed by atoms with Crippen LogP contribution >= 0.6 is 0 Å². The molecule has 13 heteroatoms. The molecule has 192 valence electrons. The molecule has 0 unspecified atom stereocenters. The summed E-state index contributed by atoms with van der Waals surface area (Å²) in [5.74, 6) is -1.06. The van der Waals surface area contributed by atoms with E-state index in [-0.39, 0.29) is 17.1 Å². The van der Waals surface area contributed by atoms with Crippen LogP contribution in [0.4, 0.5) is 0 Å². The Morgan fingerprint density at radius 3 is 2.15 bits per heavy atom. The van der Waals surface area contributed by atoms with Crippen molar-refractivity contribution < 1.29 is 64.2 Å². The van der Waals surface area contributed by atoms with E-state index in [1.807, 2.05) is 0 Å². The minimum Gasteiger partial charge on any atom is -0.507 e. The summed E-state index contributed by atoms with van der Waals surface area (Å²) in [5, 5.41) is 70.9. The lowest BCUT2D eigenvalue weighted by Crippen LogP contribution is -2.61. The van der Waals surface area contributed by atoms with Gasteiger partial charge in [0.1, 0.15) is 65.5 Å². The molecule has 13 nitrogen and oxygen atoms in total. The lowest BCUT2D eigenvalue weighted by molar-refractivity contribution is -0.318. The van der Waals surface area contributed by atoms with Crippen LogP contribution in [0.3, 0.4) is 0 Å². The van der Waals surface area contributed by atoms with Crippen molar-refractivity contribution in [3.05, 3.63) is 17.7 Å². The molecule has 34 heavy (non-hydrogen) atoms. The Kier molecular flexibility index (Phi) is 8.34. The first kappa shape index (κ1) is 26.5. The first-order valence-electron chi connectivity index (χ1n) is 10.6. The molecule has 1 aromatic carbocycles. The number of hydrogen-bond donors (Lipinski definition) is 7. The van der Waals surface area contributed by atoms with Gasteiger partial charge in [0.05, 0.1) is 19.8 Å². The Hall–Kier alpha value is -2.07. The third-order valence-corrected chi connectivity index (χ3v) is 5.79. The Morgan fingerprint density at radius 1 is 0.912 bits per heavy atom. The third-order valence-electron chi connectivity index (χ3n) is 5.79. The summed E-state index contributed by atoms with van der Waals surface area (Å²) in [6.07, 6.45) is -14.8.